The number of rotatable bonds is 12. The van der Waals surface area contributed by atoms with E-state index in [2.05, 4.69) is 20.3 Å². The summed E-state index contributed by atoms with van der Waals surface area (Å²) in [6, 6.07) is 9.80. The van der Waals surface area contributed by atoms with Gasteiger partial charge in [0.1, 0.15) is 11.8 Å². The molecule has 1 fully saturated rings. The lowest BCUT2D eigenvalue weighted by Crippen LogP contribution is -2.52. The Morgan fingerprint density at radius 2 is 1.83 bits per heavy atom. The predicted octanol–water partition coefficient (Wildman–Crippen LogP) is 4.39. The Balaban J connectivity index is 1.42. The van der Waals surface area contributed by atoms with Crippen molar-refractivity contribution in [1.82, 2.24) is 25.0 Å². The molecule has 8 nitrogen and oxygen atoms in total. The van der Waals surface area contributed by atoms with Gasteiger partial charge in [-0.15, -0.1) is 0 Å². The highest BCUT2D eigenvalue weighted by Gasteiger charge is 2.32. The van der Waals surface area contributed by atoms with E-state index >= 15 is 0 Å². The number of unbranched alkanes of at least 4 members (excludes halogenated alkanes) is 2. The number of nitrogens with zero attached hydrogens (tertiary/aromatic N) is 4. The van der Waals surface area contributed by atoms with Crippen molar-refractivity contribution in [2.75, 3.05) is 20.1 Å². The van der Waals surface area contributed by atoms with Gasteiger partial charge in [-0.1, -0.05) is 44.0 Å². The number of amides is 1. The van der Waals surface area contributed by atoms with Crippen LogP contribution in [0.15, 0.2) is 47.1 Å². The maximum atomic E-state index is 12.8. The Bertz CT molecular complexity index is 1130. The number of benzene rings is 1. The highest BCUT2D eigenvalue weighted by molar-refractivity contribution is 5.80. The normalized spacial score (nSPS) is 15.1. The molecule has 1 unspecified atom stereocenters. The molecule has 186 valence electrons. The van der Waals surface area contributed by atoms with E-state index < -0.39 is 0 Å². The van der Waals surface area contributed by atoms with Crippen molar-refractivity contribution in [1.29, 1.82) is 0 Å². The summed E-state index contributed by atoms with van der Waals surface area (Å²) >= 11 is 0. The number of carbonyl (C=O) groups is 2. The second-order valence-corrected chi connectivity index (χ2v) is 9.45. The van der Waals surface area contributed by atoms with Gasteiger partial charge in [-0.3, -0.25) is 14.3 Å². The van der Waals surface area contributed by atoms with Crippen LogP contribution in [0.4, 0.5) is 0 Å². The van der Waals surface area contributed by atoms with Crippen molar-refractivity contribution < 1.29 is 14.0 Å². The molecular formula is C27H35N5O3. The third-order valence-electron chi connectivity index (χ3n) is 6.70. The van der Waals surface area contributed by atoms with Crippen molar-refractivity contribution in [3.63, 3.8) is 0 Å². The summed E-state index contributed by atoms with van der Waals surface area (Å²) in [6.07, 6.45) is 8.16. The molecule has 1 aliphatic rings. The quantitative estimate of drug-likeness (QED) is 0.389. The number of nitrogens with one attached hydrogen (secondary N) is 1. The zero-order valence-electron chi connectivity index (χ0n) is 20.9. The Morgan fingerprint density at radius 1 is 1.09 bits per heavy atom. The highest BCUT2D eigenvalue weighted by atomic mass is 16.4. The summed E-state index contributed by atoms with van der Waals surface area (Å²) in [5.74, 6) is 1.57. The largest absolute Gasteiger partial charge is 0.438 e. The summed E-state index contributed by atoms with van der Waals surface area (Å²) in [5.41, 5.74) is 3.05. The fourth-order valence-electron chi connectivity index (χ4n) is 4.48. The molecule has 2 aromatic heterocycles. The predicted molar refractivity (Wildman–Crippen MR) is 134 cm³/mol. The number of likely N-dealkylation sites (tertiary alicyclic amines) is 1. The van der Waals surface area contributed by atoms with E-state index in [1.165, 1.54) is 0 Å². The first-order chi connectivity index (χ1) is 16.9. The molecule has 0 bridgehead atoms. The third kappa shape index (κ3) is 6.25. The summed E-state index contributed by atoms with van der Waals surface area (Å²) in [4.78, 5) is 31.0. The van der Waals surface area contributed by atoms with Crippen molar-refractivity contribution in [3.8, 4) is 22.6 Å². The third-order valence-corrected chi connectivity index (χ3v) is 6.70. The van der Waals surface area contributed by atoms with Gasteiger partial charge in [0.05, 0.1) is 17.8 Å². The van der Waals surface area contributed by atoms with Gasteiger partial charge in [0.2, 0.25) is 11.8 Å². The van der Waals surface area contributed by atoms with Crippen LogP contribution in [-0.4, -0.2) is 51.5 Å². The van der Waals surface area contributed by atoms with E-state index in [0.29, 0.717) is 30.3 Å². The lowest BCUT2D eigenvalue weighted by atomic mass is 9.99. The second-order valence-electron chi connectivity index (χ2n) is 9.45. The van der Waals surface area contributed by atoms with Crippen LogP contribution in [-0.2, 0) is 16.6 Å². The standard InChI is InChI=1S/C27H35N5O3/c1-4-22(33)8-6-5-7-9-23(30-26(34)21-17-31(2)18-21)27-28-16-25(35-27)20-12-10-19(11-13-20)24-14-15-29-32(24)3/h10-16,21,23H,4-9,17-18H2,1-3H3,(H,30,34). The highest BCUT2D eigenvalue weighted by Crippen LogP contribution is 2.28. The fraction of sp³-hybridized carbons (Fsp3) is 0.481. The lowest BCUT2D eigenvalue weighted by Gasteiger charge is -2.35. The van der Waals surface area contributed by atoms with Crippen LogP contribution in [0.25, 0.3) is 22.6 Å². The Labute approximate surface area is 206 Å². The van der Waals surface area contributed by atoms with E-state index in [-0.39, 0.29) is 17.9 Å². The van der Waals surface area contributed by atoms with E-state index in [0.717, 1.165) is 55.6 Å². The molecule has 0 radical (unpaired) electrons. The van der Waals surface area contributed by atoms with E-state index in [1.807, 2.05) is 56.0 Å². The van der Waals surface area contributed by atoms with Gasteiger partial charge in [-0.2, -0.15) is 5.10 Å². The Morgan fingerprint density at radius 3 is 2.49 bits per heavy atom. The number of Topliss-reactive ketones (excluding diaryl/α,β-unsaturated/α-hetero) is 1. The van der Waals surface area contributed by atoms with E-state index in [4.69, 9.17) is 4.42 Å². The Kier molecular flexibility index (Phi) is 8.13. The van der Waals surface area contributed by atoms with Gasteiger partial charge in [-0.25, -0.2) is 4.98 Å². The van der Waals surface area contributed by atoms with Gasteiger partial charge in [-0.05, 0) is 31.5 Å². The molecule has 1 atom stereocenters. The molecule has 0 spiro atoms. The molecule has 1 N–H and O–H groups in total. The van der Waals surface area contributed by atoms with Gasteiger partial charge in [0.15, 0.2) is 5.76 Å². The van der Waals surface area contributed by atoms with Crippen LogP contribution in [0, 0.1) is 5.92 Å². The number of hydrogen-bond donors (Lipinski definition) is 1. The summed E-state index contributed by atoms with van der Waals surface area (Å²) in [7, 11) is 3.93. The average Bonchev–Trinajstić information content (AvgIpc) is 3.50. The summed E-state index contributed by atoms with van der Waals surface area (Å²) in [6.45, 7) is 3.45. The molecule has 35 heavy (non-hydrogen) atoms. The molecule has 1 amide bonds. The SMILES string of the molecule is CCC(=O)CCCCCC(NC(=O)C1CN(C)C1)c1ncc(-c2ccc(-c3ccnn3C)cc2)o1. The molecule has 0 saturated carbocycles. The molecular weight excluding hydrogens is 442 g/mol. The number of hydrogen-bond acceptors (Lipinski definition) is 6. The second kappa shape index (κ2) is 11.4. The zero-order chi connectivity index (χ0) is 24.8. The molecule has 8 heteroatoms. The van der Waals surface area contributed by atoms with Crippen molar-refractivity contribution in [2.24, 2.45) is 13.0 Å². The molecule has 3 aromatic rings. The number of aromatic nitrogens is 3. The van der Waals surface area contributed by atoms with Crippen LogP contribution in [0.1, 0.15) is 57.4 Å². The smallest absolute Gasteiger partial charge is 0.226 e. The van der Waals surface area contributed by atoms with Crippen molar-refractivity contribution in [3.05, 3.63) is 48.6 Å². The molecule has 1 saturated heterocycles. The maximum absolute atomic E-state index is 12.8. The average molecular weight is 478 g/mol. The Hall–Kier alpha value is -3.26. The lowest BCUT2D eigenvalue weighted by molar-refractivity contribution is -0.130. The molecule has 4 rings (SSSR count). The monoisotopic (exact) mass is 477 g/mol. The fourth-order valence-corrected chi connectivity index (χ4v) is 4.48. The number of oxazole rings is 1. The minimum atomic E-state index is -0.280. The van der Waals surface area contributed by atoms with Crippen LogP contribution >= 0.6 is 0 Å². The van der Waals surface area contributed by atoms with E-state index in [9.17, 15) is 9.59 Å². The van der Waals surface area contributed by atoms with Crippen molar-refractivity contribution >= 4 is 11.7 Å². The minimum absolute atomic E-state index is 0.0126. The molecule has 1 aliphatic heterocycles. The van der Waals surface area contributed by atoms with E-state index in [1.54, 1.807) is 12.4 Å². The van der Waals surface area contributed by atoms with Crippen LogP contribution < -0.4 is 5.32 Å². The number of aryl methyl sites for hydroxylation is 1. The first kappa shape index (κ1) is 24.9. The van der Waals surface area contributed by atoms with Gasteiger partial charge >= 0.3 is 0 Å². The van der Waals surface area contributed by atoms with Gasteiger partial charge in [0.25, 0.3) is 0 Å². The first-order valence-corrected chi connectivity index (χ1v) is 12.5. The maximum Gasteiger partial charge on any atom is 0.226 e. The van der Waals surface area contributed by atoms with Crippen LogP contribution in [0.2, 0.25) is 0 Å². The molecule has 3 heterocycles. The molecule has 1 aromatic carbocycles. The molecule has 0 aliphatic carbocycles. The minimum Gasteiger partial charge on any atom is -0.438 e. The summed E-state index contributed by atoms with van der Waals surface area (Å²) < 4.78 is 7.98. The topological polar surface area (TPSA) is 93.3 Å². The van der Waals surface area contributed by atoms with Crippen LogP contribution in [0.5, 0.6) is 0 Å². The van der Waals surface area contributed by atoms with Gasteiger partial charge in [0, 0.05) is 44.7 Å². The number of carbonyl (C=O) groups excluding carboxylic acids is 2. The zero-order valence-corrected chi connectivity index (χ0v) is 20.9. The van der Waals surface area contributed by atoms with Crippen molar-refractivity contribution in [2.45, 2.75) is 51.5 Å². The summed E-state index contributed by atoms with van der Waals surface area (Å²) in [5, 5.41) is 7.40. The first-order valence-electron chi connectivity index (χ1n) is 12.5. The number of ketones is 1. The van der Waals surface area contributed by atoms with Gasteiger partial charge < -0.3 is 14.6 Å². The van der Waals surface area contributed by atoms with Crippen LogP contribution in [0.3, 0.4) is 0 Å².